The van der Waals surface area contributed by atoms with Crippen molar-refractivity contribution in [2.75, 3.05) is 11.9 Å². The lowest BCUT2D eigenvalue weighted by Gasteiger charge is -2.13. The first kappa shape index (κ1) is 15.5. The van der Waals surface area contributed by atoms with Gasteiger partial charge in [0.1, 0.15) is 18.2 Å². The van der Waals surface area contributed by atoms with E-state index in [4.69, 9.17) is 34.4 Å². The Balaban J connectivity index is 2.16. The highest BCUT2D eigenvalue weighted by Gasteiger charge is 2.09. The van der Waals surface area contributed by atoms with E-state index in [1.54, 1.807) is 0 Å². The summed E-state index contributed by atoms with van der Waals surface area (Å²) in [5, 5.41) is 3.53. The number of para-hydroxylation sites is 1. The number of ether oxygens (including phenoxy) is 1. The molecule has 0 unspecified atom stereocenters. The highest BCUT2D eigenvalue weighted by Crippen LogP contribution is 2.32. The molecule has 0 fully saturated rings. The molecule has 1 N–H and O–H groups in total. The van der Waals surface area contributed by atoms with Crippen LogP contribution in [0.5, 0.6) is 5.75 Å². The van der Waals surface area contributed by atoms with Crippen molar-refractivity contribution < 1.29 is 9.13 Å². The summed E-state index contributed by atoms with van der Waals surface area (Å²) in [5.74, 6) is 2.61. The highest BCUT2D eigenvalue weighted by atomic mass is 35.5. The molecule has 0 spiro atoms. The predicted octanol–water partition coefficient (Wildman–Crippen LogP) is 4.76. The second-order valence-corrected chi connectivity index (χ2v) is 5.01. The largest absolute Gasteiger partial charge is 0.481 e. The third-order valence-electron chi connectivity index (χ3n) is 2.75. The SMILES string of the molecule is C#CCOc1ccccc1CNc1c(Cl)cc(F)cc1Cl. The first-order valence-electron chi connectivity index (χ1n) is 6.14. The standard InChI is InChI=1S/C16H12Cl2FNO/c1-2-7-21-15-6-4-3-5-11(15)10-20-16-13(17)8-12(19)9-14(16)18/h1,3-6,8-9,20H,7,10H2. The topological polar surface area (TPSA) is 21.3 Å². The molecule has 5 heteroatoms. The number of nitrogens with one attached hydrogen (secondary N) is 1. The summed E-state index contributed by atoms with van der Waals surface area (Å²) in [7, 11) is 0. The van der Waals surface area contributed by atoms with Crippen molar-refractivity contribution in [2.45, 2.75) is 6.54 Å². The van der Waals surface area contributed by atoms with Crippen molar-refractivity contribution in [3.63, 3.8) is 0 Å². The lowest BCUT2D eigenvalue weighted by molar-refractivity contribution is 0.366. The zero-order chi connectivity index (χ0) is 15.2. The van der Waals surface area contributed by atoms with Crippen LogP contribution in [0.2, 0.25) is 10.0 Å². The van der Waals surface area contributed by atoms with Crippen LogP contribution < -0.4 is 10.1 Å². The molecule has 108 valence electrons. The van der Waals surface area contributed by atoms with Crippen LogP contribution in [0.4, 0.5) is 10.1 Å². The summed E-state index contributed by atoms with van der Waals surface area (Å²) in [6.07, 6.45) is 5.18. The van der Waals surface area contributed by atoms with Gasteiger partial charge >= 0.3 is 0 Å². The van der Waals surface area contributed by atoms with Gasteiger partial charge in [-0.2, -0.15) is 0 Å². The van der Waals surface area contributed by atoms with E-state index in [-0.39, 0.29) is 16.7 Å². The molecule has 2 aromatic carbocycles. The second-order valence-electron chi connectivity index (χ2n) is 4.20. The number of halogens is 3. The molecule has 2 aromatic rings. The molecule has 0 aliphatic rings. The first-order valence-corrected chi connectivity index (χ1v) is 6.90. The Labute approximate surface area is 132 Å². The fourth-order valence-corrected chi connectivity index (χ4v) is 2.40. The molecule has 0 heterocycles. The van der Waals surface area contributed by atoms with Crippen molar-refractivity contribution in [3.05, 3.63) is 57.8 Å². The summed E-state index contributed by atoms with van der Waals surface area (Å²) in [6, 6.07) is 9.86. The third-order valence-corrected chi connectivity index (χ3v) is 3.34. The quantitative estimate of drug-likeness (QED) is 0.801. The van der Waals surface area contributed by atoms with Crippen molar-refractivity contribution in [1.29, 1.82) is 0 Å². The fourth-order valence-electron chi connectivity index (χ4n) is 1.80. The van der Waals surface area contributed by atoms with E-state index in [0.717, 1.165) is 5.56 Å². The molecule has 0 amide bonds. The molecular formula is C16H12Cl2FNO. The Bertz CT molecular complexity index is 659. The molecule has 0 bridgehead atoms. The van der Waals surface area contributed by atoms with Gasteiger partial charge < -0.3 is 10.1 Å². The Hall–Kier alpha value is -1.89. The maximum Gasteiger partial charge on any atom is 0.148 e. The van der Waals surface area contributed by atoms with E-state index in [1.807, 2.05) is 24.3 Å². The smallest absolute Gasteiger partial charge is 0.148 e. The van der Waals surface area contributed by atoms with Crippen LogP contribution in [0.1, 0.15) is 5.56 Å². The normalized spacial score (nSPS) is 10.0. The van der Waals surface area contributed by atoms with Gasteiger partial charge in [-0.1, -0.05) is 47.3 Å². The molecule has 0 atom stereocenters. The van der Waals surface area contributed by atoms with Gasteiger partial charge in [0.2, 0.25) is 0 Å². The second kappa shape index (κ2) is 7.21. The minimum atomic E-state index is -0.478. The molecular weight excluding hydrogens is 312 g/mol. The minimum absolute atomic E-state index is 0.190. The van der Waals surface area contributed by atoms with Crippen LogP contribution in [0.25, 0.3) is 0 Å². The molecule has 2 rings (SSSR count). The van der Waals surface area contributed by atoms with Gasteiger partial charge in [-0.15, -0.1) is 6.42 Å². The lowest BCUT2D eigenvalue weighted by Crippen LogP contribution is -2.04. The number of hydrogen-bond donors (Lipinski definition) is 1. The van der Waals surface area contributed by atoms with Crippen LogP contribution in [0.3, 0.4) is 0 Å². The summed E-state index contributed by atoms with van der Waals surface area (Å²) >= 11 is 12.0. The first-order chi connectivity index (χ1) is 10.1. The van der Waals surface area contributed by atoms with Gasteiger partial charge in [0.25, 0.3) is 0 Å². The van der Waals surface area contributed by atoms with Crippen LogP contribution in [-0.2, 0) is 6.54 Å². The number of hydrogen-bond acceptors (Lipinski definition) is 2. The monoisotopic (exact) mass is 323 g/mol. The molecule has 0 radical (unpaired) electrons. The van der Waals surface area contributed by atoms with Gasteiger partial charge in [0.05, 0.1) is 15.7 Å². The molecule has 2 nitrogen and oxygen atoms in total. The van der Waals surface area contributed by atoms with Gasteiger partial charge in [-0.3, -0.25) is 0 Å². The van der Waals surface area contributed by atoms with Crippen molar-refractivity contribution in [3.8, 4) is 18.1 Å². The van der Waals surface area contributed by atoms with E-state index >= 15 is 0 Å². The van der Waals surface area contributed by atoms with Gasteiger partial charge in [-0.25, -0.2) is 4.39 Å². The Kier molecular flexibility index (Phi) is 5.32. The lowest BCUT2D eigenvalue weighted by atomic mass is 10.2. The summed E-state index contributed by atoms with van der Waals surface area (Å²) in [4.78, 5) is 0. The van der Waals surface area contributed by atoms with Crippen LogP contribution in [0.15, 0.2) is 36.4 Å². The average molecular weight is 324 g/mol. The molecule has 0 aliphatic carbocycles. The van der Waals surface area contributed by atoms with Crippen LogP contribution in [0, 0.1) is 18.2 Å². The third kappa shape index (κ3) is 4.04. The summed E-state index contributed by atoms with van der Waals surface area (Å²) in [6.45, 7) is 0.612. The van der Waals surface area contributed by atoms with Gasteiger partial charge in [0.15, 0.2) is 0 Å². The fraction of sp³-hybridized carbons (Fsp3) is 0.125. The van der Waals surface area contributed by atoms with Crippen molar-refractivity contribution in [1.82, 2.24) is 0 Å². The zero-order valence-corrected chi connectivity index (χ0v) is 12.5. The van der Waals surface area contributed by atoms with E-state index in [9.17, 15) is 4.39 Å². The van der Waals surface area contributed by atoms with Crippen molar-refractivity contribution >= 4 is 28.9 Å². The Morgan fingerprint density at radius 1 is 1.19 bits per heavy atom. The highest BCUT2D eigenvalue weighted by molar-refractivity contribution is 6.39. The average Bonchev–Trinajstić information content (AvgIpc) is 2.45. The molecule has 0 saturated heterocycles. The predicted molar refractivity (Wildman–Crippen MR) is 84.5 cm³/mol. The Morgan fingerprint density at radius 2 is 1.86 bits per heavy atom. The number of anilines is 1. The molecule has 0 aliphatic heterocycles. The molecule has 21 heavy (non-hydrogen) atoms. The minimum Gasteiger partial charge on any atom is -0.481 e. The van der Waals surface area contributed by atoms with Gasteiger partial charge in [0, 0.05) is 12.1 Å². The summed E-state index contributed by atoms with van der Waals surface area (Å²) in [5.41, 5.74) is 1.37. The van der Waals surface area contributed by atoms with E-state index in [2.05, 4.69) is 11.2 Å². The summed E-state index contributed by atoms with van der Waals surface area (Å²) < 4.78 is 18.6. The number of rotatable bonds is 5. The van der Waals surface area contributed by atoms with E-state index in [1.165, 1.54) is 12.1 Å². The maximum absolute atomic E-state index is 13.1. The van der Waals surface area contributed by atoms with Crippen molar-refractivity contribution in [2.24, 2.45) is 0 Å². The van der Waals surface area contributed by atoms with Crippen LogP contribution in [-0.4, -0.2) is 6.61 Å². The zero-order valence-electron chi connectivity index (χ0n) is 11.0. The molecule has 0 saturated carbocycles. The van der Waals surface area contributed by atoms with E-state index < -0.39 is 5.82 Å². The maximum atomic E-state index is 13.1. The van der Waals surface area contributed by atoms with Gasteiger partial charge in [-0.05, 0) is 18.2 Å². The Morgan fingerprint density at radius 3 is 2.52 bits per heavy atom. The number of terminal acetylenes is 1. The molecule has 0 aromatic heterocycles. The number of benzene rings is 2. The van der Waals surface area contributed by atoms with E-state index in [0.29, 0.717) is 18.0 Å². The van der Waals surface area contributed by atoms with Crippen LogP contribution >= 0.6 is 23.2 Å².